The van der Waals surface area contributed by atoms with Crippen LogP contribution in [0.2, 0.25) is 0 Å². The van der Waals surface area contributed by atoms with E-state index in [4.69, 9.17) is 0 Å². The lowest BCUT2D eigenvalue weighted by atomic mass is 10.2. The van der Waals surface area contributed by atoms with E-state index in [1.54, 1.807) is 0 Å². The summed E-state index contributed by atoms with van der Waals surface area (Å²) < 4.78 is 25.2. The van der Waals surface area contributed by atoms with Gasteiger partial charge in [-0.2, -0.15) is 0 Å². The maximum absolute atomic E-state index is 12.3. The molecule has 1 heterocycles. The zero-order valence-electron chi connectivity index (χ0n) is 14.8. The molecule has 3 rings (SSSR count). The zero-order valence-corrected chi connectivity index (χ0v) is 15.6. The van der Waals surface area contributed by atoms with E-state index in [-0.39, 0.29) is 10.8 Å². The van der Waals surface area contributed by atoms with Crippen molar-refractivity contribution in [3.63, 3.8) is 0 Å². The van der Waals surface area contributed by atoms with Crippen LogP contribution in [-0.2, 0) is 10.0 Å². The van der Waals surface area contributed by atoms with Crippen LogP contribution in [0.15, 0.2) is 71.9 Å². The molecule has 0 saturated carbocycles. The Bertz CT molecular complexity index is 1030. The van der Waals surface area contributed by atoms with E-state index < -0.39 is 10.0 Å². The lowest BCUT2D eigenvalue weighted by Crippen LogP contribution is -2.22. The molecule has 0 atom stereocenters. The smallest absolute Gasteiger partial charge is 0.255 e. The summed E-state index contributed by atoms with van der Waals surface area (Å²) >= 11 is 0. The van der Waals surface area contributed by atoms with Crippen LogP contribution in [0.4, 0.5) is 5.69 Å². The second-order valence-electron chi connectivity index (χ2n) is 5.93. The molecule has 0 radical (unpaired) electrons. The van der Waals surface area contributed by atoms with Gasteiger partial charge in [0, 0.05) is 25.2 Å². The highest BCUT2D eigenvalue weighted by Gasteiger charge is 2.17. The molecule has 1 N–H and O–H groups in total. The van der Waals surface area contributed by atoms with Gasteiger partial charge in [0.25, 0.3) is 5.91 Å². The highest BCUT2D eigenvalue weighted by Crippen LogP contribution is 2.17. The molecule has 0 spiro atoms. The third kappa shape index (κ3) is 4.18. The molecular weight excluding hydrogens is 364 g/mol. The first kappa shape index (κ1) is 18.7. The van der Waals surface area contributed by atoms with Crippen molar-refractivity contribution in [2.45, 2.75) is 4.90 Å². The van der Waals surface area contributed by atoms with Crippen LogP contribution in [-0.4, -0.2) is 42.7 Å². The lowest BCUT2D eigenvalue weighted by Gasteiger charge is -2.11. The monoisotopic (exact) mass is 382 g/mol. The number of carbonyl (C=O) groups excluding carboxylic acids is 1. The molecule has 8 heteroatoms. The summed E-state index contributed by atoms with van der Waals surface area (Å²) in [5.41, 5.74) is 1.66. The number of aromatic nitrogens is 2. The van der Waals surface area contributed by atoms with E-state index in [1.165, 1.54) is 50.8 Å². The Morgan fingerprint density at radius 1 is 0.926 bits per heavy atom. The molecule has 0 aliphatic rings. The van der Waals surface area contributed by atoms with Crippen LogP contribution in [0.3, 0.4) is 0 Å². The van der Waals surface area contributed by atoms with E-state index in [2.05, 4.69) is 15.3 Å². The topological polar surface area (TPSA) is 92.3 Å². The van der Waals surface area contributed by atoms with Crippen molar-refractivity contribution in [2.75, 3.05) is 19.4 Å². The van der Waals surface area contributed by atoms with Crippen LogP contribution in [0.1, 0.15) is 10.4 Å². The molecule has 0 saturated heterocycles. The summed E-state index contributed by atoms with van der Waals surface area (Å²) in [5, 5.41) is 2.69. The number of hydrogen-bond donors (Lipinski definition) is 1. The van der Waals surface area contributed by atoms with Gasteiger partial charge in [-0.1, -0.05) is 30.3 Å². The van der Waals surface area contributed by atoms with Gasteiger partial charge >= 0.3 is 0 Å². The molecule has 0 unspecified atom stereocenters. The number of benzene rings is 2. The molecule has 0 aliphatic heterocycles. The van der Waals surface area contributed by atoms with Crippen molar-refractivity contribution in [3.05, 3.63) is 72.6 Å². The third-order valence-corrected chi connectivity index (χ3v) is 5.67. The quantitative estimate of drug-likeness (QED) is 0.732. The van der Waals surface area contributed by atoms with Crippen molar-refractivity contribution in [2.24, 2.45) is 0 Å². The van der Waals surface area contributed by atoms with Gasteiger partial charge in [0.15, 0.2) is 5.82 Å². The SMILES string of the molecule is CN(C)S(=O)(=O)c1ccc(C(=O)Nc2cnc(-c3ccccc3)nc2)cc1. The van der Waals surface area contributed by atoms with E-state index in [9.17, 15) is 13.2 Å². The number of sulfonamides is 1. The summed E-state index contributed by atoms with van der Waals surface area (Å²) in [7, 11) is -0.621. The summed E-state index contributed by atoms with van der Waals surface area (Å²) in [6.45, 7) is 0. The highest BCUT2D eigenvalue weighted by molar-refractivity contribution is 7.89. The first-order valence-corrected chi connectivity index (χ1v) is 9.53. The molecule has 0 fully saturated rings. The van der Waals surface area contributed by atoms with Crippen molar-refractivity contribution in [1.29, 1.82) is 0 Å². The van der Waals surface area contributed by atoms with Crippen LogP contribution in [0.5, 0.6) is 0 Å². The van der Waals surface area contributed by atoms with Gasteiger partial charge in [0.2, 0.25) is 10.0 Å². The van der Waals surface area contributed by atoms with Crippen molar-refractivity contribution in [3.8, 4) is 11.4 Å². The number of amides is 1. The molecule has 1 amide bonds. The van der Waals surface area contributed by atoms with Crippen molar-refractivity contribution < 1.29 is 13.2 Å². The van der Waals surface area contributed by atoms with Gasteiger partial charge in [-0.3, -0.25) is 4.79 Å². The first-order valence-electron chi connectivity index (χ1n) is 8.09. The fraction of sp³-hybridized carbons (Fsp3) is 0.105. The largest absolute Gasteiger partial charge is 0.319 e. The minimum atomic E-state index is -3.53. The summed E-state index contributed by atoms with van der Waals surface area (Å²) in [5.74, 6) is 0.187. The molecule has 2 aromatic carbocycles. The van der Waals surface area contributed by atoms with Gasteiger partial charge in [-0.25, -0.2) is 22.7 Å². The van der Waals surface area contributed by atoms with Gasteiger partial charge in [0.05, 0.1) is 23.0 Å². The summed E-state index contributed by atoms with van der Waals surface area (Å²) in [4.78, 5) is 21.0. The maximum Gasteiger partial charge on any atom is 0.255 e. The predicted octanol–water partition coefficient (Wildman–Crippen LogP) is 2.65. The molecule has 138 valence electrons. The van der Waals surface area contributed by atoms with Crippen molar-refractivity contribution in [1.82, 2.24) is 14.3 Å². The number of anilines is 1. The standard InChI is InChI=1S/C19H18N4O3S/c1-23(2)27(25,26)17-10-8-15(9-11-17)19(24)22-16-12-20-18(21-13-16)14-6-4-3-5-7-14/h3-13H,1-2H3,(H,22,24). The number of nitrogens with zero attached hydrogens (tertiary/aromatic N) is 3. The zero-order chi connectivity index (χ0) is 19.4. The molecule has 27 heavy (non-hydrogen) atoms. The summed E-state index contributed by atoms with van der Waals surface area (Å²) in [6, 6.07) is 15.2. The second-order valence-corrected chi connectivity index (χ2v) is 8.08. The fourth-order valence-electron chi connectivity index (χ4n) is 2.32. The molecule has 0 aliphatic carbocycles. The Morgan fingerprint density at radius 2 is 1.52 bits per heavy atom. The van der Waals surface area contributed by atoms with Crippen LogP contribution in [0, 0.1) is 0 Å². The average molecular weight is 382 g/mol. The second kappa shape index (κ2) is 7.65. The minimum absolute atomic E-state index is 0.125. The first-order chi connectivity index (χ1) is 12.9. The van der Waals surface area contributed by atoms with E-state index >= 15 is 0 Å². The Balaban J connectivity index is 1.72. The lowest BCUT2D eigenvalue weighted by molar-refractivity contribution is 0.102. The summed E-state index contributed by atoms with van der Waals surface area (Å²) in [6.07, 6.45) is 3.05. The van der Waals surface area contributed by atoms with Gasteiger partial charge in [-0.15, -0.1) is 0 Å². The van der Waals surface area contributed by atoms with Crippen molar-refractivity contribution >= 4 is 21.6 Å². The predicted molar refractivity (Wildman–Crippen MR) is 103 cm³/mol. The van der Waals surface area contributed by atoms with Gasteiger partial charge < -0.3 is 5.32 Å². The van der Waals surface area contributed by atoms with E-state index in [0.29, 0.717) is 17.1 Å². The Hall–Kier alpha value is -3.10. The normalized spacial score (nSPS) is 11.4. The number of carbonyl (C=O) groups is 1. The van der Waals surface area contributed by atoms with Crippen LogP contribution in [0.25, 0.3) is 11.4 Å². The molecule has 7 nitrogen and oxygen atoms in total. The number of rotatable bonds is 5. The number of nitrogens with one attached hydrogen (secondary N) is 1. The minimum Gasteiger partial charge on any atom is -0.319 e. The highest BCUT2D eigenvalue weighted by atomic mass is 32.2. The molecule has 0 bridgehead atoms. The third-order valence-electron chi connectivity index (χ3n) is 3.84. The Labute approximate surface area is 157 Å². The maximum atomic E-state index is 12.3. The molecular formula is C19H18N4O3S. The Kier molecular flexibility index (Phi) is 5.29. The van der Waals surface area contributed by atoms with E-state index in [0.717, 1.165) is 9.87 Å². The molecule has 3 aromatic rings. The van der Waals surface area contributed by atoms with Crippen LogP contribution < -0.4 is 5.32 Å². The van der Waals surface area contributed by atoms with Crippen LogP contribution >= 0.6 is 0 Å². The molecule has 1 aromatic heterocycles. The van der Waals surface area contributed by atoms with Gasteiger partial charge in [0.1, 0.15) is 0 Å². The Morgan fingerprint density at radius 3 is 2.07 bits per heavy atom. The fourth-order valence-corrected chi connectivity index (χ4v) is 3.22. The van der Waals surface area contributed by atoms with E-state index in [1.807, 2.05) is 30.3 Å². The number of hydrogen-bond acceptors (Lipinski definition) is 5. The van der Waals surface area contributed by atoms with Gasteiger partial charge in [-0.05, 0) is 24.3 Å². The average Bonchev–Trinajstić information content (AvgIpc) is 2.69.